The molecule has 10 heavy (non-hydrogen) atoms. The Morgan fingerprint density at radius 2 is 2.50 bits per heavy atom. The number of nitrogens with two attached hydrogens (primary N) is 1. The molecule has 1 heterocycles. The van der Waals surface area contributed by atoms with E-state index < -0.39 is 0 Å². The Kier molecular flexibility index (Phi) is 1.99. The van der Waals surface area contributed by atoms with Gasteiger partial charge < -0.3 is 5.73 Å². The number of nitrogens with zero attached hydrogens (tertiary/aromatic N) is 3. The van der Waals surface area contributed by atoms with Crippen LogP contribution in [0.15, 0.2) is 12.7 Å². The van der Waals surface area contributed by atoms with Crippen LogP contribution in [-0.2, 0) is 6.54 Å². The fraction of sp³-hybridized carbons (Fsp3) is 0.400. The molecule has 0 fully saturated rings. The Balaban J connectivity index is 2.35. The highest BCUT2D eigenvalue weighted by Gasteiger charge is 1.91. The average Bonchev–Trinajstić information content (AvgIpc) is 2.34. The highest BCUT2D eigenvalue weighted by molar-refractivity contribution is 5.76. The van der Waals surface area contributed by atoms with Crippen molar-refractivity contribution >= 4 is 5.84 Å². The van der Waals surface area contributed by atoms with Gasteiger partial charge in [0, 0.05) is 13.0 Å². The molecule has 0 spiro atoms. The maximum absolute atomic E-state index is 6.91. The van der Waals surface area contributed by atoms with Crippen LogP contribution < -0.4 is 5.73 Å². The van der Waals surface area contributed by atoms with E-state index in [1.165, 1.54) is 6.33 Å². The maximum atomic E-state index is 6.91. The molecule has 3 N–H and O–H groups in total. The molecular formula is C5H9N5. The van der Waals surface area contributed by atoms with Gasteiger partial charge in [-0.3, -0.25) is 10.1 Å². The largest absolute Gasteiger partial charge is 0.388 e. The van der Waals surface area contributed by atoms with Crippen molar-refractivity contribution in [3.63, 3.8) is 0 Å². The first-order valence-corrected chi connectivity index (χ1v) is 2.94. The fourth-order valence-electron chi connectivity index (χ4n) is 0.583. The topological polar surface area (TPSA) is 80.6 Å². The number of aromatic nitrogens is 3. The lowest BCUT2D eigenvalue weighted by atomic mass is 10.4. The Morgan fingerprint density at radius 1 is 1.70 bits per heavy atom. The Labute approximate surface area is 58.4 Å². The molecular weight excluding hydrogens is 130 g/mol. The van der Waals surface area contributed by atoms with Gasteiger partial charge in [0.2, 0.25) is 0 Å². The molecule has 0 aliphatic rings. The molecule has 0 amide bonds. The van der Waals surface area contributed by atoms with Gasteiger partial charge in [-0.15, -0.1) is 0 Å². The number of amidine groups is 1. The minimum atomic E-state index is 0.176. The number of rotatable bonds is 3. The van der Waals surface area contributed by atoms with Crippen LogP contribution in [0.2, 0.25) is 0 Å². The predicted octanol–water partition coefficient (Wildman–Crippen LogP) is -0.396. The van der Waals surface area contributed by atoms with E-state index in [1.807, 2.05) is 0 Å². The van der Waals surface area contributed by atoms with Gasteiger partial charge in [-0.25, -0.2) is 4.98 Å². The quantitative estimate of drug-likeness (QED) is 0.442. The zero-order chi connectivity index (χ0) is 7.40. The molecule has 0 saturated carbocycles. The first-order chi connectivity index (χ1) is 4.79. The molecule has 5 nitrogen and oxygen atoms in total. The summed E-state index contributed by atoms with van der Waals surface area (Å²) >= 11 is 0. The molecule has 0 aliphatic carbocycles. The predicted molar refractivity (Wildman–Crippen MR) is 36.6 cm³/mol. The summed E-state index contributed by atoms with van der Waals surface area (Å²) in [6.45, 7) is 0.634. The van der Waals surface area contributed by atoms with Gasteiger partial charge in [0.05, 0.1) is 5.84 Å². The lowest BCUT2D eigenvalue weighted by Crippen LogP contribution is -2.13. The summed E-state index contributed by atoms with van der Waals surface area (Å²) in [6.07, 6.45) is 3.59. The smallest absolute Gasteiger partial charge is 0.137 e. The van der Waals surface area contributed by atoms with Crippen LogP contribution in [0.3, 0.4) is 0 Å². The first-order valence-electron chi connectivity index (χ1n) is 2.94. The van der Waals surface area contributed by atoms with Crippen molar-refractivity contribution < 1.29 is 0 Å². The zero-order valence-corrected chi connectivity index (χ0v) is 5.49. The summed E-state index contributed by atoms with van der Waals surface area (Å²) in [5.41, 5.74) is 5.13. The van der Waals surface area contributed by atoms with Crippen LogP contribution in [0.4, 0.5) is 0 Å². The van der Waals surface area contributed by atoms with Crippen LogP contribution in [0.25, 0.3) is 0 Å². The van der Waals surface area contributed by atoms with E-state index in [0.29, 0.717) is 13.0 Å². The van der Waals surface area contributed by atoms with Gasteiger partial charge in [0.1, 0.15) is 12.7 Å². The first kappa shape index (κ1) is 6.73. The summed E-state index contributed by atoms with van der Waals surface area (Å²) in [6, 6.07) is 0. The van der Waals surface area contributed by atoms with Crippen LogP contribution >= 0.6 is 0 Å². The third-order valence-corrected chi connectivity index (χ3v) is 1.08. The summed E-state index contributed by atoms with van der Waals surface area (Å²) in [4.78, 5) is 3.74. The summed E-state index contributed by atoms with van der Waals surface area (Å²) in [5.74, 6) is 0.176. The van der Waals surface area contributed by atoms with Gasteiger partial charge >= 0.3 is 0 Å². The molecule has 1 aromatic rings. The van der Waals surface area contributed by atoms with Crippen molar-refractivity contribution in [2.24, 2.45) is 5.73 Å². The van der Waals surface area contributed by atoms with E-state index in [-0.39, 0.29) is 5.84 Å². The number of aryl methyl sites for hydroxylation is 1. The molecule has 54 valence electrons. The normalized spacial score (nSPS) is 9.60. The number of hydrogen-bond acceptors (Lipinski definition) is 3. The SMILES string of the molecule is N=C(N)CCn1cncn1. The Bertz CT molecular complexity index is 202. The van der Waals surface area contributed by atoms with Crippen molar-refractivity contribution in [3.05, 3.63) is 12.7 Å². The van der Waals surface area contributed by atoms with Crippen molar-refractivity contribution in [1.82, 2.24) is 14.8 Å². The molecule has 5 heteroatoms. The van der Waals surface area contributed by atoms with Crippen LogP contribution in [0.5, 0.6) is 0 Å². The van der Waals surface area contributed by atoms with Crippen molar-refractivity contribution in [1.29, 1.82) is 5.41 Å². The molecule has 1 aromatic heterocycles. The van der Waals surface area contributed by atoms with Crippen molar-refractivity contribution in [2.75, 3.05) is 0 Å². The van der Waals surface area contributed by atoms with Crippen LogP contribution in [0.1, 0.15) is 6.42 Å². The maximum Gasteiger partial charge on any atom is 0.137 e. The van der Waals surface area contributed by atoms with Gasteiger partial charge in [0.25, 0.3) is 0 Å². The second-order valence-corrected chi connectivity index (χ2v) is 1.93. The molecule has 0 saturated heterocycles. The average molecular weight is 139 g/mol. The van der Waals surface area contributed by atoms with Gasteiger partial charge in [-0.1, -0.05) is 0 Å². The molecule has 0 aromatic carbocycles. The molecule has 0 atom stereocenters. The van der Waals surface area contributed by atoms with E-state index in [1.54, 1.807) is 11.0 Å². The highest BCUT2D eigenvalue weighted by Crippen LogP contribution is 1.84. The minimum absolute atomic E-state index is 0.176. The van der Waals surface area contributed by atoms with E-state index in [4.69, 9.17) is 11.1 Å². The summed E-state index contributed by atoms with van der Waals surface area (Å²) < 4.78 is 1.64. The monoisotopic (exact) mass is 139 g/mol. The lowest BCUT2D eigenvalue weighted by Gasteiger charge is -1.96. The second-order valence-electron chi connectivity index (χ2n) is 1.93. The third kappa shape index (κ3) is 1.85. The molecule has 0 bridgehead atoms. The molecule has 0 radical (unpaired) electrons. The van der Waals surface area contributed by atoms with Crippen molar-refractivity contribution in [3.8, 4) is 0 Å². The Hall–Kier alpha value is -1.39. The fourth-order valence-corrected chi connectivity index (χ4v) is 0.583. The van der Waals surface area contributed by atoms with Crippen LogP contribution in [-0.4, -0.2) is 20.6 Å². The third-order valence-electron chi connectivity index (χ3n) is 1.08. The summed E-state index contributed by atoms with van der Waals surface area (Å²) in [7, 11) is 0. The van der Waals surface area contributed by atoms with E-state index >= 15 is 0 Å². The summed E-state index contributed by atoms with van der Waals surface area (Å²) in [5, 5.41) is 10.8. The lowest BCUT2D eigenvalue weighted by molar-refractivity contribution is 0.630. The molecule has 0 unspecified atom stereocenters. The number of hydrogen-bond donors (Lipinski definition) is 2. The van der Waals surface area contributed by atoms with Gasteiger partial charge in [-0.05, 0) is 0 Å². The van der Waals surface area contributed by atoms with Gasteiger partial charge in [-0.2, -0.15) is 5.10 Å². The van der Waals surface area contributed by atoms with E-state index in [0.717, 1.165) is 0 Å². The van der Waals surface area contributed by atoms with Gasteiger partial charge in [0.15, 0.2) is 0 Å². The van der Waals surface area contributed by atoms with E-state index in [9.17, 15) is 0 Å². The highest BCUT2D eigenvalue weighted by atomic mass is 15.3. The second kappa shape index (κ2) is 2.95. The Morgan fingerprint density at radius 3 is 3.00 bits per heavy atom. The van der Waals surface area contributed by atoms with Crippen molar-refractivity contribution in [2.45, 2.75) is 13.0 Å². The minimum Gasteiger partial charge on any atom is -0.388 e. The van der Waals surface area contributed by atoms with E-state index in [2.05, 4.69) is 10.1 Å². The number of nitrogens with one attached hydrogen (secondary N) is 1. The van der Waals surface area contributed by atoms with Crippen LogP contribution in [0, 0.1) is 5.41 Å². The molecule has 0 aliphatic heterocycles. The zero-order valence-electron chi connectivity index (χ0n) is 5.49. The molecule has 1 rings (SSSR count). The standard InChI is InChI=1S/C5H9N5/c6-5(7)1-2-10-4-8-3-9-10/h3-4H,1-2H2,(H3,6,7).